The number of para-hydroxylation sites is 1. The van der Waals surface area contributed by atoms with Gasteiger partial charge in [-0.15, -0.1) is 0 Å². The van der Waals surface area contributed by atoms with Crippen LogP contribution in [-0.2, 0) is 72.0 Å². The molecule has 0 aliphatic carbocycles. The van der Waals surface area contributed by atoms with Crippen LogP contribution >= 0.6 is 21.6 Å². The Kier molecular flexibility index (Phi) is 27.8. The van der Waals surface area contributed by atoms with Crippen LogP contribution in [0.4, 0.5) is 0 Å². The van der Waals surface area contributed by atoms with Crippen LogP contribution in [0.5, 0.6) is 0 Å². The molecule has 0 spiro atoms. The van der Waals surface area contributed by atoms with Gasteiger partial charge in [0.25, 0.3) is 5.97 Å². The Bertz CT molecular complexity index is 2930. The maximum Gasteiger partial charge on any atom is 0.327 e. The van der Waals surface area contributed by atoms with Crippen molar-refractivity contribution in [2.24, 2.45) is 11.7 Å². The van der Waals surface area contributed by atoms with E-state index in [0.29, 0.717) is 27.7 Å². The molecule has 18 N–H and O–H groups in total. The molecule has 0 bridgehead atoms. The lowest BCUT2D eigenvalue weighted by Crippen LogP contribution is -2.63. The second kappa shape index (κ2) is 34.0. The van der Waals surface area contributed by atoms with Crippen molar-refractivity contribution in [3.8, 4) is 0 Å². The van der Waals surface area contributed by atoms with Crippen LogP contribution in [0.15, 0.2) is 73.3 Å². The minimum Gasteiger partial charge on any atom is -0.481 e. The number of benzene rings is 2. The van der Waals surface area contributed by atoms with Gasteiger partial charge in [-0.25, -0.2) is 9.78 Å². The zero-order valence-electron chi connectivity index (χ0n) is 47.5. The summed E-state index contributed by atoms with van der Waals surface area (Å²) in [6, 6.07) is 1.42. The third kappa shape index (κ3) is 22.8. The van der Waals surface area contributed by atoms with Gasteiger partial charge in [0.1, 0.15) is 48.3 Å². The van der Waals surface area contributed by atoms with E-state index in [1.54, 1.807) is 74.6 Å². The molecule has 4 unspecified atom stereocenters. The molecule has 0 saturated carbocycles. The molecular weight excluding hydrogens is 1150 g/mol. The fourth-order valence-electron chi connectivity index (χ4n) is 8.38. The van der Waals surface area contributed by atoms with Crippen LogP contribution in [0.2, 0.25) is 0 Å². The number of nitrogens with two attached hydrogens (primary N) is 1. The largest absolute Gasteiger partial charge is 0.481 e. The maximum absolute atomic E-state index is 14.5. The van der Waals surface area contributed by atoms with Crippen LogP contribution in [0.1, 0.15) is 64.8 Å². The highest BCUT2D eigenvalue weighted by molar-refractivity contribution is 8.76. The summed E-state index contributed by atoms with van der Waals surface area (Å²) in [5, 5.41) is 72.8. The van der Waals surface area contributed by atoms with E-state index >= 15 is 0 Å². The number of carbonyl (C=O) groups excluding carboxylic acids is 9. The highest BCUT2D eigenvalue weighted by Crippen LogP contribution is 2.24. The topological polar surface area (TPSA) is 468 Å². The summed E-state index contributed by atoms with van der Waals surface area (Å²) in [5.41, 5.74) is 8.27. The molecule has 464 valence electrons. The first-order valence-electron chi connectivity index (χ1n) is 26.9. The van der Waals surface area contributed by atoms with E-state index in [4.69, 9.17) is 15.6 Å². The maximum atomic E-state index is 14.5. The average molecular weight is 1230 g/mol. The zero-order valence-corrected chi connectivity index (χ0v) is 49.1. The van der Waals surface area contributed by atoms with E-state index in [9.17, 15) is 68.4 Å². The molecule has 2 aromatic carbocycles. The Balaban J connectivity index is 0.00000375. The molecule has 0 radical (unpaired) electrons. The molecule has 5 rings (SSSR count). The molecule has 12 atom stereocenters. The van der Waals surface area contributed by atoms with E-state index < -0.39 is 144 Å². The number of carboxylic acids is 2. The number of aliphatic carboxylic acids is 2. The number of nitrogens with zero attached hydrogens (tertiary/aromatic N) is 1. The van der Waals surface area contributed by atoms with Crippen molar-refractivity contribution in [1.82, 2.24) is 62.8 Å². The molecular formula is C54H75N13O16S2. The van der Waals surface area contributed by atoms with Crippen molar-refractivity contribution >= 4 is 97.6 Å². The van der Waals surface area contributed by atoms with Crippen molar-refractivity contribution in [1.29, 1.82) is 0 Å². The normalized spacial score (nSPS) is 24.7. The van der Waals surface area contributed by atoms with Crippen molar-refractivity contribution in [3.05, 3.63) is 90.1 Å². The van der Waals surface area contributed by atoms with Gasteiger partial charge in [-0.1, -0.05) is 84.0 Å². The van der Waals surface area contributed by atoms with Crippen molar-refractivity contribution < 1.29 is 78.3 Å². The lowest BCUT2D eigenvalue weighted by Gasteiger charge is -2.28. The van der Waals surface area contributed by atoms with Crippen LogP contribution in [0.25, 0.3) is 10.9 Å². The molecule has 1 aliphatic rings. The van der Waals surface area contributed by atoms with Crippen molar-refractivity contribution in [3.63, 3.8) is 0 Å². The van der Waals surface area contributed by atoms with Gasteiger partial charge in [-0.3, -0.25) is 47.9 Å². The van der Waals surface area contributed by atoms with Gasteiger partial charge in [0.15, 0.2) is 0 Å². The van der Waals surface area contributed by atoms with Crippen LogP contribution in [0, 0.1) is 5.92 Å². The third-order valence-corrected chi connectivity index (χ3v) is 15.2. The number of aromatic amines is 2. The Morgan fingerprint density at radius 1 is 0.588 bits per heavy atom. The van der Waals surface area contributed by atoms with Gasteiger partial charge >= 0.3 is 5.97 Å². The molecule has 1 aliphatic heterocycles. The number of hydrogen-bond acceptors (Lipinski definition) is 18. The highest BCUT2D eigenvalue weighted by Gasteiger charge is 2.38. The fourth-order valence-corrected chi connectivity index (χ4v) is 10.7. The monoisotopic (exact) mass is 1230 g/mol. The van der Waals surface area contributed by atoms with Crippen LogP contribution < -0.4 is 53.6 Å². The molecule has 1 fully saturated rings. The summed E-state index contributed by atoms with van der Waals surface area (Å²) >= 11 is 0. The van der Waals surface area contributed by atoms with Crippen LogP contribution in [0.3, 0.4) is 0 Å². The lowest BCUT2D eigenvalue weighted by molar-refractivity contribution is -0.142. The van der Waals surface area contributed by atoms with E-state index in [-0.39, 0.29) is 43.1 Å². The Morgan fingerprint density at radius 3 is 1.66 bits per heavy atom. The first kappa shape index (κ1) is 69.4. The fraction of sp³-hybridized carbons (Fsp3) is 0.481. The number of rotatable bonds is 12. The van der Waals surface area contributed by atoms with Gasteiger partial charge in [0, 0.05) is 66.7 Å². The second-order valence-electron chi connectivity index (χ2n) is 20.5. The average Bonchev–Trinajstić information content (AvgIpc) is 4.37. The Labute approximate surface area is 496 Å². The van der Waals surface area contributed by atoms with Gasteiger partial charge in [-0.2, -0.15) is 0 Å². The summed E-state index contributed by atoms with van der Waals surface area (Å²) in [5.74, 6) is -11.9. The third-order valence-electron chi connectivity index (χ3n) is 12.7. The Morgan fingerprint density at radius 2 is 1.08 bits per heavy atom. The molecule has 31 heteroatoms. The van der Waals surface area contributed by atoms with E-state index in [1.165, 1.54) is 19.4 Å². The molecule has 85 heavy (non-hydrogen) atoms. The molecule has 3 heterocycles. The van der Waals surface area contributed by atoms with Crippen molar-refractivity contribution in [2.75, 3.05) is 18.1 Å². The minimum absolute atomic E-state index is 0.0227. The zero-order chi connectivity index (χ0) is 63.1. The predicted octanol–water partition coefficient (Wildman–Crippen LogP) is -3.00. The molecule has 2 aromatic heterocycles. The number of aliphatic hydroxyl groups is 3. The summed E-state index contributed by atoms with van der Waals surface area (Å²) in [6.45, 7) is 7.30. The summed E-state index contributed by atoms with van der Waals surface area (Å²) in [6.07, 6.45) is -1.20. The predicted molar refractivity (Wildman–Crippen MR) is 311 cm³/mol. The lowest BCUT2D eigenvalue weighted by atomic mass is 10.0. The van der Waals surface area contributed by atoms with Crippen molar-refractivity contribution in [2.45, 2.75) is 140 Å². The van der Waals surface area contributed by atoms with E-state index in [2.05, 4.69) is 62.8 Å². The Hall–Kier alpha value is -8.10. The smallest absolute Gasteiger partial charge is 0.327 e. The minimum atomic E-state index is -1.82. The second-order valence-corrected chi connectivity index (χ2v) is 23.0. The number of carbonyl (C=O) groups is 11. The number of nitrogens with one attached hydrogen (secondary N) is 11. The van der Waals surface area contributed by atoms with Gasteiger partial charge in [0.05, 0.1) is 37.2 Å². The first-order chi connectivity index (χ1) is 40.1. The number of imidazole rings is 1. The summed E-state index contributed by atoms with van der Waals surface area (Å²) in [7, 11) is 1.84. The number of aliphatic hydroxyl groups excluding tert-OH is 3. The highest BCUT2D eigenvalue weighted by atomic mass is 33.1. The standard InChI is InChI=1S/C52H71N13O14S2.C2H4O2/c1-25(2)15-35-46(72)62-39(52(78)79)23-81-80-22-33(53)44(70)63-43(28(5)68)51(77)65-42(27(4)67)50(76)61-38(18-31-20-54-24-57-31)47(73)59-37(17-30-19-55-34-14-10-9-13-32(30)34)45(71)56-21-40(69)58-36(16-29-11-7-6-8-12-29)48(74)64-41(26(3)66)49(75)60-35;1-2(3)4/h6-14,19-20,24-28,33,35-39,41-43,55,66-68H,15-18,21-23,53H2,1-5H3,(H,54,57)(H,56,71)(H,58,69)(H,59,73)(H,60,75)(H,61,76)(H,62,72)(H,63,70)(H,64,74)(H,65,77)(H,78,79);1H3,(H,3,4)/t26-,27?,28-,33+,35?,36+,37+,38?,39+,41?,42+,43+;/m1./s1. The molecule has 1 saturated heterocycles. The van der Waals surface area contributed by atoms with Gasteiger partial charge < -0.3 is 89.1 Å². The summed E-state index contributed by atoms with van der Waals surface area (Å²) in [4.78, 5) is 157. The molecule has 9 amide bonds. The van der Waals surface area contributed by atoms with Gasteiger partial charge in [-0.05, 0) is 50.3 Å². The number of hydrogen-bond donors (Lipinski definition) is 17. The first-order valence-corrected chi connectivity index (χ1v) is 29.4. The van der Waals surface area contributed by atoms with E-state index in [1.807, 2.05) is 0 Å². The number of fused-ring (bicyclic) bond motifs is 1. The number of amides is 9. The number of carboxylic acid groups (broad SMARTS) is 2. The SMILES string of the molecule is CC(=O)O.CC(C)CC1NC(=O)C([C@@H](C)O)NC(=O)[C@H](Cc2ccccc2)NC(=O)CNC(=O)[C@H](Cc2c[nH]c3ccccc23)NC(=O)C(Cc2cnc[nH]2)NC(=O)[C@H](C(C)O)NC(=O)[C@H]([C@@H](C)O)NC(=O)[C@@H](N)CSSC[C@@H](C(=O)O)NC1=O. The summed E-state index contributed by atoms with van der Waals surface area (Å²) < 4.78 is 0. The molecule has 29 nitrogen and oxygen atoms in total. The van der Waals surface area contributed by atoms with Gasteiger partial charge in [0.2, 0.25) is 53.2 Å². The number of aromatic nitrogens is 3. The molecule has 4 aromatic rings. The van der Waals surface area contributed by atoms with Crippen LogP contribution in [-0.4, -0.2) is 196 Å². The number of H-pyrrole nitrogens is 2. The van der Waals surface area contributed by atoms with E-state index in [0.717, 1.165) is 42.4 Å². The quantitative estimate of drug-likeness (QED) is 0.0629.